The van der Waals surface area contributed by atoms with E-state index in [-0.39, 0.29) is 17.6 Å². The molecule has 0 saturated heterocycles. The molecule has 0 aliphatic heterocycles. The van der Waals surface area contributed by atoms with E-state index in [2.05, 4.69) is 5.32 Å². The molecule has 1 N–H and O–H groups in total. The second-order valence-electron chi connectivity index (χ2n) is 5.69. The molecule has 0 saturated carbocycles. The summed E-state index contributed by atoms with van der Waals surface area (Å²) in [6.07, 6.45) is 3.95. The number of thioether (sulfide) groups is 1. The van der Waals surface area contributed by atoms with Gasteiger partial charge in [-0.3, -0.25) is 4.79 Å². The van der Waals surface area contributed by atoms with Crippen molar-refractivity contribution < 1.29 is 14.3 Å². The molecule has 0 fully saturated rings. The molecule has 3 rings (SSSR count). The van der Waals surface area contributed by atoms with E-state index in [0.29, 0.717) is 17.9 Å². The number of benzene rings is 2. The Morgan fingerprint density at radius 2 is 1.70 bits per heavy atom. The summed E-state index contributed by atoms with van der Waals surface area (Å²) in [7, 11) is 0. The Balaban J connectivity index is 1.59. The first-order valence-electron chi connectivity index (χ1n) is 8.59. The molecule has 1 heterocycles. The Labute approximate surface area is 162 Å². The fraction of sp³-hybridized carbons (Fsp3) is 0.143. The van der Waals surface area contributed by atoms with Crippen molar-refractivity contribution in [2.45, 2.75) is 11.8 Å². The van der Waals surface area contributed by atoms with Crippen LogP contribution in [0.2, 0.25) is 0 Å². The lowest BCUT2D eigenvalue weighted by Gasteiger charge is -2.10. The average Bonchev–Trinajstić information content (AvgIpc) is 3.22. The summed E-state index contributed by atoms with van der Waals surface area (Å²) in [5.41, 5.74) is 2.15. The van der Waals surface area contributed by atoms with Crippen molar-refractivity contribution in [1.82, 2.24) is 4.57 Å². The molecule has 1 amide bonds. The molecule has 0 atom stereocenters. The highest BCUT2D eigenvalue weighted by Crippen LogP contribution is 2.26. The van der Waals surface area contributed by atoms with Crippen LogP contribution in [0.15, 0.2) is 78.0 Å². The van der Waals surface area contributed by atoms with E-state index < -0.39 is 0 Å². The number of ether oxygens (including phenoxy) is 1. The van der Waals surface area contributed by atoms with Crippen molar-refractivity contribution in [3.05, 3.63) is 78.6 Å². The van der Waals surface area contributed by atoms with Crippen LogP contribution >= 0.6 is 11.8 Å². The van der Waals surface area contributed by atoms with Gasteiger partial charge in [0.25, 0.3) is 0 Å². The molecule has 0 aliphatic rings. The number of hydrogen-bond donors (Lipinski definition) is 1. The number of carbonyl (C=O) groups excluding carboxylic acids is 2. The summed E-state index contributed by atoms with van der Waals surface area (Å²) in [4.78, 5) is 25.0. The maximum Gasteiger partial charge on any atom is 0.338 e. The van der Waals surface area contributed by atoms with Gasteiger partial charge >= 0.3 is 5.97 Å². The van der Waals surface area contributed by atoms with E-state index in [1.54, 1.807) is 31.2 Å². The zero-order valence-corrected chi connectivity index (χ0v) is 15.7. The first-order chi connectivity index (χ1) is 13.2. The van der Waals surface area contributed by atoms with Gasteiger partial charge in [0, 0.05) is 23.0 Å². The zero-order valence-electron chi connectivity index (χ0n) is 14.9. The molecule has 2 aromatic carbocycles. The zero-order chi connectivity index (χ0) is 19.1. The summed E-state index contributed by atoms with van der Waals surface area (Å²) in [5, 5.41) is 2.85. The second kappa shape index (κ2) is 9.09. The van der Waals surface area contributed by atoms with E-state index in [0.717, 1.165) is 10.6 Å². The summed E-state index contributed by atoms with van der Waals surface area (Å²) in [6, 6.07) is 18.6. The maximum absolute atomic E-state index is 12.3. The Morgan fingerprint density at radius 1 is 1.00 bits per heavy atom. The van der Waals surface area contributed by atoms with Crippen LogP contribution in [-0.2, 0) is 9.53 Å². The minimum atomic E-state index is -0.368. The van der Waals surface area contributed by atoms with Crippen molar-refractivity contribution in [2.24, 2.45) is 0 Å². The first kappa shape index (κ1) is 18.8. The van der Waals surface area contributed by atoms with Crippen LogP contribution in [-0.4, -0.2) is 28.8 Å². The smallest absolute Gasteiger partial charge is 0.338 e. The van der Waals surface area contributed by atoms with Crippen LogP contribution in [0.4, 0.5) is 5.69 Å². The molecule has 0 unspecified atom stereocenters. The molecule has 1 aromatic heterocycles. The number of rotatable bonds is 7. The van der Waals surface area contributed by atoms with Gasteiger partial charge in [-0.25, -0.2) is 4.79 Å². The van der Waals surface area contributed by atoms with Crippen LogP contribution in [0.3, 0.4) is 0 Å². The third-order valence-electron chi connectivity index (χ3n) is 3.79. The Bertz CT molecular complexity index is 905. The third kappa shape index (κ3) is 5.01. The van der Waals surface area contributed by atoms with Gasteiger partial charge in [0.1, 0.15) is 0 Å². The van der Waals surface area contributed by atoms with E-state index in [4.69, 9.17) is 4.74 Å². The first-order valence-corrected chi connectivity index (χ1v) is 9.58. The van der Waals surface area contributed by atoms with Gasteiger partial charge < -0.3 is 14.6 Å². The standard InChI is InChI=1S/C21H20N2O3S/c1-2-26-21(25)16-9-11-17(12-10-16)22-20(24)15-27-19-8-4-3-7-18(19)23-13-5-6-14-23/h3-14H,2,15H2,1H3,(H,22,24). The molecule has 5 nitrogen and oxygen atoms in total. The van der Waals surface area contributed by atoms with E-state index in [1.165, 1.54) is 11.8 Å². The van der Waals surface area contributed by atoms with Crippen molar-refractivity contribution in [2.75, 3.05) is 17.7 Å². The third-order valence-corrected chi connectivity index (χ3v) is 4.85. The van der Waals surface area contributed by atoms with Gasteiger partial charge in [-0.1, -0.05) is 12.1 Å². The Hall–Kier alpha value is -2.99. The largest absolute Gasteiger partial charge is 0.462 e. The Morgan fingerprint density at radius 3 is 2.41 bits per heavy atom. The number of para-hydroxylation sites is 1. The number of anilines is 1. The average molecular weight is 380 g/mol. The number of nitrogens with zero attached hydrogens (tertiary/aromatic N) is 1. The van der Waals surface area contributed by atoms with Crippen LogP contribution < -0.4 is 5.32 Å². The number of carbonyl (C=O) groups is 2. The van der Waals surface area contributed by atoms with Crippen molar-refractivity contribution in [3.8, 4) is 5.69 Å². The molecule has 27 heavy (non-hydrogen) atoms. The predicted octanol–water partition coefficient (Wildman–Crippen LogP) is 4.38. The lowest BCUT2D eigenvalue weighted by molar-refractivity contribution is -0.113. The molecule has 0 bridgehead atoms. The predicted molar refractivity (Wildman–Crippen MR) is 108 cm³/mol. The van der Waals surface area contributed by atoms with Gasteiger partial charge in [0.05, 0.1) is 23.6 Å². The number of esters is 1. The lowest BCUT2D eigenvalue weighted by atomic mass is 10.2. The highest BCUT2D eigenvalue weighted by Gasteiger charge is 2.09. The van der Waals surface area contributed by atoms with E-state index in [1.807, 2.05) is 53.4 Å². The molecule has 3 aromatic rings. The number of hydrogen-bond acceptors (Lipinski definition) is 4. The summed E-state index contributed by atoms with van der Waals surface area (Å²) < 4.78 is 6.97. The molecular formula is C21H20N2O3S. The van der Waals surface area contributed by atoms with Gasteiger partial charge in [-0.05, 0) is 55.5 Å². The van der Waals surface area contributed by atoms with Crippen LogP contribution in [0.1, 0.15) is 17.3 Å². The van der Waals surface area contributed by atoms with E-state index in [9.17, 15) is 9.59 Å². The van der Waals surface area contributed by atoms with Crippen LogP contribution in [0.5, 0.6) is 0 Å². The minimum Gasteiger partial charge on any atom is -0.462 e. The molecule has 0 aliphatic carbocycles. The normalized spacial score (nSPS) is 10.4. The number of aromatic nitrogens is 1. The summed E-state index contributed by atoms with van der Waals surface area (Å²) >= 11 is 1.48. The summed E-state index contributed by atoms with van der Waals surface area (Å²) in [6.45, 7) is 2.09. The van der Waals surface area contributed by atoms with Crippen LogP contribution in [0.25, 0.3) is 5.69 Å². The summed E-state index contributed by atoms with van der Waals surface area (Å²) in [5.74, 6) is -0.184. The molecular weight excluding hydrogens is 360 g/mol. The molecule has 138 valence electrons. The van der Waals surface area contributed by atoms with Gasteiger partial charge in [0.2, 0.25) is 5.91 Å². The number of nitrogens with one attached hydrogen (secondary N) is 1. The quantitative estimate of drug-likeness (QED) is 0.488. The monoisotopic (exact) mass is 380 g/mol. The fourth-order valence-corrected chi connectivity index (χ4v) is 3.39. The van der Waals surface area contributed by atoms with Crippen molar-refractivity contribution in [1.29, 1.82) is 0 Å². The second-order valence-corrected chi connectivity index (χ2v) is 6.71. The maximum atomic E-state index is 12.3. The highest BCUT2D eigenvalue weighted by atomic mass is 32.2. The van der Waals surface area contributed by atoms with Gasteiger partial charge in [0.15, 0.2) is 0 Å². The Kier molecular flexibility index (Phi) is 6.33. The minimum absolute atomic E-state index is 0.105. The highest BCUT2D eigenvalue weighted by molar-refractivity contribution is 8.00. The topological polar surface area (TPSA) is 60.3 Å². The van der Waals surface area contributed by atoms with Gasteiger partial charge in [-0.2, -0.15) is 0 Å². The number of amides is 1. The van der Waals surface area contributed by atoms with Crippen LogP contribution in [0, 0.1) is 0 Å². The molecule has 0 radical (unpaired) electrons. The fourth-order valence-electron chi connectivity index (χ4n) is 2.53. The lowest BCUT2D eigenvalue weighted by Crippen LogP contribution is -2.14. The van der Waals surface area contributed by atoms with Gasteiger partial charge in [-0.15, -0.1) is 11.8 Å². The molecule has 6 heteroatoms. The van der Waals surface area contributed by atoms with Crippen molar-refractivity contribution in [3.63, 3.8) is 0 Å². The van der Waals surface area contributed by atoms with Crippen molar-refractivity contribution >= 4 is 29.3 Å². The molecule has 0 spiro atoms. The SMILES string of the molecule is CCOC(=O)c1ccc(NC(=O)CSc2ccccc2-n2cccc2)cc1. The van der Waals surface area contributed by atoms with E-state index >= 15 is 0 Å².